The molecular weight excluding hydrogens is 445 g/mol. The topological polar surface area (TPSA) is 60.8 Å². The fourth-order valence-electron chi connectivity index (χ4n) is 1.80. The standard InChI is InChI=1S/C10H15N6O.BrH.F6P/c1-13(2)10(14(3)4)15-8-6-5-7-11-9(8)16(17)12-15;;1-7(2,3,4,5)6/h5-7H,1-4H3;1H;/q+1;;-1. The van der Waals surface area contributed by atoms with Crippen molar-refractivity contribution in [1.29, 1.82) is 0 Å². The predicted molar refractivity (Wildman–Crippen MR) is 86.1 cm³/mol. The molecule has 1 aromatic heterocycles. The Kier molecular flexibility index (Phi) is 6.11. The number of hydrogen-bond acceptors (Lipinski definition) is 3. The molecule has 0 saturated heterocycles. The molecule has 0 N–H and O–H groups in total. The first kappa shape index (κ1) is 23.3. The van der Waals surface area contributed by atoms with Crippen molar-refractivity contribution in [2.45, 2.75) is 0 Å². The molecular formula is C10H16BrF6N6OP. The van der Waals surface area contributed by atoms with Crippen LogP contribution < -0.4 is 0 Å². The molecule has 0 aliphatic carbocycles. The van der Waals surface area contributed by atoms with Crippen LogP contribution in [-0.4, -0.2) is 58.5 Å². The van der Waals surface area contributed by atoms with Crippen LogP contribution in [0.3, 0.4) is 0 Å². The number of rotatable bonds is 0. The Balaban J connectivity index is 0.000000620. The third-order valence-corrected chi connectivity index (χ3v) is 2.34. The first-order chi connectivity index (χ1) is 10.5. The van der Waals surface area contributed by atoms with E-state index < -0.39 is 7.81 Å². The van der Waals surface area contributed by atoms with Crippen LogP contribution in [-0.2, 0) is 0 Å². The normalized spacial score (nSPS) is 15.4. The number of pyridine rings is 1. The minimum atomic E-state index is -10.7. The molecule has 25 heavy (non-hydrogen) atoms. The van der Waals surface area contributed by atoms with Crippen LogP contribution in [0.1, 0.15) is 0 Å². The van der Waals surface area contributed by atoms with E-state index in [9.17, 15) is 30.4 Å². The van der Waals surface area contributed by atoms with E-state index in [4.69, 9.17) is 0 Å². The van der Waals surface area contributed by atoms with Crippen LogP contribution in [0.4, 0.5) is 36.7 Å². The van der Waals surface area contributed by atoms with Gasteiger partial charge in [-0.2, -0.15) is 0 Å². The number of fused-ring (bicyclic) bond motifs is 1. The fourth-order valence-corrected chi connectivity index (χ4v) is 1.80. The number of hydrogen-bond donors (Lipinski definition) is 0. The summed E-state index contributed by atoms with van der Waals surface area (Å²) in [4.78, 5) is 8.33. The molecule has 1 aromatic rings. The first-order valence-corrected chi connectivity index (χ1v) is 8.22. The monoisotopic (exact) mass is 460 g/mol. The van der Waals surface area contributed by atoms with Crippen LogP contribution in [0.5, 0.6) is 0 Å². The van der Waals surface area contributed by atoms with E-state index in [1.807, 2.05) is 44.1 Å². The number of guanidine groups is 1. The molecule has 0 radical (unpaired) electrons. The molecule has 0 bridgehead atoms. The summed E-state index contributed by atoms with van der Waals surface area (Å²) in [6.07, 6.45) is 1.58. The van der Waals surface area contributed by atoms with Gasteiger partial charge in [0.05, 0.1) is 28.2 Å². The van der Waals surface area contributed by atoms with E-state index in [-0.39, 0.29) is 17.0 Å². The van der Waals surface area contributed by atoms with E-state index in [0.717, 1.165) is 5.96 Å². The van der Waals surface area contributed by atoms with Gasteiger partial charge in [0, 0.05) is 6.20 Å². The Labute approximate surface area is 149 Å². The Bertz CT molecular complexity index is 684. The number of aromatic nitrogens is 1. The molecule has 2 heterocycles. The maximum absolute atomic E-state index is 11.6. The maximum atomic E-state index is 11.6. The summed E-state index contributed by atoms with van der Waals surface area (Å²) in [6, 6.07) is 3.60. The second-order valence-corrected chi connectivity index (χ2v) is 6.98. The molecule has 1 aliphatic heterocycles. The summed E-state index contributed by atoms with van der Waals surface area (Å²) in [6.45, 7) is 0. The first-order valence-electron chi connectivity index (χ1n) is 6.19. The zero-order chi connectivity index (χ0) is 19.0. The molecule has 0 fully saturated rings. The fraction of sp³-hybridized carbons (Fsp3) is 0.400. The van der Waals surface area contributed by atoms with E-state index in [2.05, 4.69) is 10.2 Å². The summed E-state index contributed by atoms with van der Waals surface area (Å²) < 4.78 is 60.8. The van der Waals surface area contributed by atoms with E-state index >= 15 is 0 Å². The number of halogens is 7. The van der Waals surface area contributed by atoms with Gasteiger partial charge in [-0.05, 0) is 16.8 Å². The average molecular weight is 461 g/mol. The van der Waals surface area contributed by atoms with Gasteiger partial charge in [0.15, 0.2) is 0 Å². The SMILES string of the molecule is Br.CN(C)C(N(C)C)=[N+]1N=[N+]([O-])c2ncccc21.F[P-](F)(F)(F)(F)F. The summed E-state index contributed by atoms with van der Waals surface area (Å²) >= 11 is 0. The molecule has 0 atom stereocenters. The van der Waals surface area contributed by atoms with Crippen molar-refractivity contribution in [3.05, 3.63) is 23.5 Å². The van der Waals surface area contributed by atoms with Crippen LogP contribution in [0.2, 0.25) is 0 Å². The molecule has 0 aromatic carbocycles. The Hall–Kier alpha value is -1.69. The van der Waals surface area contributed by atoms with Crippen LogP contribution >= 0.6 is 24.8 Å². The molecule has 0 spiro atoms. The van der Waals surface area contributed by atoms with Crippen molar-refractivity contribution in [1.82, 2.24) is 14.8 Å². The van der Waals surface area contributed by atoms with E-state index in [0.29, 0.717) is 16.4 Å². The Morgan fingerprint density at radius 2 is 1.48 bits per heavy atom. The Morgan fingerprint density at radius 1 is 1.04 bits per heavy atom. The summed E-state index contributed by atoms with van der Waals surface area (Å²) in [5, 5.41) is 15.5. The summed E-state index contributed by atoms with van der Waals surface area (Å²) in [5.41, 5.74) is 0.680. The van der Waals surface area contributed by atoms with E-state index in [1.165, 1.54) is 0 Å². The van der Waals surface area contributed by atoms with Gasteiger partial charge in [0.2, 0.25) is 5.69 Å². The van der Waals surface area contributed by atoms with Gasteiger partial charge in [-0.15, -0.1) is 21.8 Å². The Morgan fingerprint density at radius 3 is 1.88 bits per heavy atom. The van der Waals surface area contributed by atoms with Gasteiger partial charge in [-0.25, -0.2) is 14.8 Å². The van der Waals surface area contributed by atoms with Gasteiger partial charge in [-0.1, -0.05) is 0 Å². The zero-order valence-corrected chi connectivity index (χ0v) is 16.1. The molecule has 1 aliphatic rings. The summed E-state index contributed by atoms with van der Waals surface area (Å²) in [7, 11) is -3.07. The predicted octanol–water partition coefficient (Wildman–Crippen LogP) is 4.69. The van der Waals surface area contributed by atoms with Gasteiger partial charge in [-0.3, -0.25) is 0 Å². The molecule has 0 saturated carbocycles. The molecule has 15 heteroatoms. The van der Waals surface area contributed by atoms with Gasteiger partial charge >= 0.3 is 38.9 Å². The molecule has 7 nitrogen and oxygen atoms in total. The van der Waals surface area contributed by atoms with Crippen LogP contribution in [0, 0.1) is 5.21 Å². The second kappa shape index (κ2) is 6.56. The van der Waals surface area contributed by atoms with Crippen LogP contribution in [0.15, 0.2) is 23.6 Å². The third-order valence-electron chi connectivity index (χ3n) is 2.34. The zero-order valence-electron chi connectivity index (χ0n) is 13.4. The molecule has 146 valence electrons. The van der Waals surface area contributed by atoms with Gasteiger partial charge in [0.1, 0.15) is 5.22 Å². The average Bonchev–Trinajstić information content (AvgIpc) is 2.63. The summed E-state index contributed by atoms with van der Waals surface area (Å²) in [5.74, 6) is 1.10. The number of nitrogens with zero attached hydrogens (tertiary/aromatic N) is 6. The minimum absolute atomic E-state index is 0. The van der Waals surface area contributed by atoms with Crippen molar-refractivity contribution in [2.24, 2.45) is 5.22 Å². The molecule has 0 unspecified atom stereocenters. The van der Waals surface area contributed by atoms with Crippen LogP contribution in [0.25, 0.3) is 0 Å². The van der Waals surface area contributed by atoms with Gasteiger partial charge in [0.25, 0.3) is 5.82 Å². The van der Waals surface area contributed by atoms with E-state index in [1.54, 1.807) is 16.9 Å². The molecule has 2 rings (SSSR count). The van der Waals surface area contributed by atoms with Crippen molar-refractivity contribution in [3.63, 3.8) is 0 Å². The second-order valence-electron chi connectivity index (χ2n) is 5.07. The van der Waals surface area contributed by atoms with Crippen molar-refractivity contribution >= 4 is 42.3 Å². The van der Waals surface area contributed by atoms with Crippen molar-refractivity contribution < 1.29 is 34.7 Å². The van der Waals surface area contributed by atoms with Crippen molar-refractivity contribution in [2.75, 3.05) is 28.2 Å². The third kappa shape index (κ3) is 8.29. The quantitative estimate of drug-likeness (QED) is 0.185. The van der Waals surface area contributed by atoms with Gasteiger partial charge < -0.3 is 5.21 Å². The molecule has 0 amide bonds. The van der Waals surface area contributed by atoms with Crippen molar-refractivity contribution in [3.8, 4) is 0 Å².